The maximum absolute atomic E-state index is 5.36. The lowest BCUT2D eigenvalue weighted by molar-refractivity contribution is 0.364. The first-order valence-corrected chi connectivity index (χ1v) is 6.00. The van der Waals surface area contributed by atoms with Gasteiger partial charge in [-0.25, -0.2) is 0 Å². The summed E-state index contributed by atoms with van der Waals surface area (Å²) in [6, 6.07) is 0. The molecular formula is C12H24O. The van der Waals surface area contributed by atoms with Crippen molar-refractivity contribution in [1.29, 1.82) is 0 Å². The van der Waals surface area contributed by atoms with E-state index in [2.05, 4.69) is 13.8 Å². The van der Waals surface area contributed by atoms with Gasteiger partial charge in [0.25, 0.3) is 0 Å². The van der Waals surface area contributed by atoms with Crippen LogP contribution in [-0.4, -0.2) is 12.2 Å². The summed E-state index contributed by atoms with van der Waals surface area (Å²) < 4.78 is 5.36. The Morgan fingerprint density at radius 3 is 2.00 bits per heavy atom. The molecule has 13 heavy (non-hydrogen) atoms. The third-order valence-electron chi connectivity index (χ3n) is 2.93. The molecule has 1 nitrogen and oxygen atoms in total. The molecule has 2 atom stereocenters. The second-order valence-corrected chi connectivity index (χ2v) is 4.29. The minimum atomic E-state index is 0.570. The van der Waals surface area contributed by atoms with Crippen molar-refractivity contribution in [1.82, 2.24) is 0 Å². The number of rotatable bonds is 8. The van der Waals surface area contributed by atoms with Gasteiger partial charge in [0.15, 0.2) is 0 Å². The number of hydrogen-bond donors (Lipinski definition) is 0. The maximum Gasteiger partial charge on any atom is 0.0839 e. The van der Waals surface area contributed by atoms with Crippen molar-refractivity contribution in [3.05, 3.63) is 0 Å². The third kappa shape index (κ3) is 5.30. The Morgan fingerprint density at radius 2 is 1.46 bits per heavy atom. The highest BCUT2D eigenvalue weighted by atomic mass is 16.6. The molecule has 0 bridgehead atoms. The van der Waals surface area contributed by atoms with Gasteiger partial charge in [-0.05, 0) is 13.3 Å². The molecule has 1 aliphatic rings. The van der Waals surface area contributed by atoms with Gasteiger partial charge in [-0.2, -0.15) is 0 Å². The van der Waals surface area contributed by atoms with Gasteiger partial charge in [-0.1, -0.05) is 51.9 Å². The van der Waals surface area contributed by atoms with E-state index < -0.39 is 0 Å². The van der Waals surface area contributed by atoms with E-state index in [0.29, 0.717) is 12.2 Å². The lowest BCUT2D eigenvalue weighted by Crippen LogP contribution is -1.89. The molecular weight excluding hydrogens is 160 g/mol. The maximum atomic E-state index is 5.36. The van der Waals surface area contributed by atoms with Crippen LogP contribution in [0.5, 0.6) is 0 Å². The highest BCUT2D eigenvalue weighted by Gasteiger charge is 2.32. The standard InChI is InChI=1S/C12H24O/c1-3-4-5-6-7-8-9-10-12-11(2)13-12/h11-12H,3-10H2,1-2H3/t11-,12+/m0/s1. The lowest BCUT2D eigenvalue weighted by atomic mass is 10.1. The molecule has 0 aromatic rings. The van der Waals surface area contributed by atoms with Gasteiger partial charge in [-0.3, -0.25) is 0 Å². The molecule has 0 aliphatic carbocycles. The van der Waals surface area contributed by atoms with E-state index >= 15 is 0 Å². The van der Waals surface area contributed by atoms with Gasteiger partial charge < -0.3 is 4.74 Å². The van der Waals surface area contributed by atoms with E-state index in [1.165, 1.54) is 51.4 Å². The van der Waals surface area contributed by atoms with Gasteiger partial charge in [0.05, 0.1) is 12.2 Å². The van der Waals surface area contributed by atoms with Crippen molar-refractivity contribution < 1.29 is 4.74 Å². The first-order valence-electron chi connectivity index (χ1n) is 6.00. The van der Waals surface area contributed by atoms with Crippen LogP contribution in [0.3, 0.4) is 0 Å². The molecule has 1 aliphatic heterocycles. The minimum Gasteiger partial charge on any atom is -0.370 e. The first-order chi connectivity index (χ1) is 6.34. The van der Waals surface area contributed by atoms with Crippen molar-refractivity contribution in [2.24, 2.45) is 0 Å². The van der Waals surface area contributed by atoms with Gasteiger partial charge in [0, 0.05) is 0 Å². The smallest absolute Gasteiger partial charge is 0.0839 e. The molecule has 1 heteroatoms. The van der Waals surface area contributed by atoms with Crippen molar-refractivity contribution in [3.8, 4) is 0 Å². The Balaban J connectivity index is 1.69. The number of epoxide rings is 1. The lowest BCUT2D eigenvalue weighted by Gasteiger charge is -1.99. The summed E-state index contributed by atoms with van der Waals surface area (Å²) in [4.78, 5) is 0. The normalized spacial score (nSPS) is 26.3. The fourth-order valence-corrected chi connectivity index (χ4v) is 1.84. The molecule has 0 radical (unpaired) electrons. The van der Waals surface area contributed by atoms with Crippen LogP contribution < -0.4 is 0 Å². The van der Waals surface area contributed by atoms with Crippen molar-refractivity contribution >= 4 is 0 Å². The van der Waals surface area contributed by atoms with Crippen LogP contribution in [-0.2, 0) is 4.74 Å². The molecule has 1 saturated heterocycles. The van der Waals surface area contributed by atoms with E-state index in [4.69, 9.17) is 4.74 Å². The minimum absolute atomic E-state index is 0.570. The van der Waals surface area contributed by atoms with Crippen molar-refractivity contribution in [3.63, 3.8) is 0 Å². The van der Waals surface area contributed by atoms with Crippen molar-refractivity contribution in [2.45, 2.75) is 77.4 Å². The molecule has 1 fully saturated rings. The van der Waals surface area contributed by atoms with Crippen LogP contribution in [0.15, 0.2) is 0 Å². The SMILES string of the molecule is CCCCCCCCC[C@H]1O[C@H]1C. The topological polar surface area (TPSA) is 12.5 Å². The summed E-state index contributed by atoms with van der Waals surface area (Å²) in [5.74, 6) is 0. The van der Waals surface area contributed by atoms with Crippen LogP contribution in [0.2, 0.25) is 0 Å². The van der Waals surface area contributed by atoms with Crippen LogP contribution in [0.4, 0.5) is 0 Å². The van der Waals surface area contributed by atoms with Gasteiger partial charge in [0.1, 0.15) is 0 Å². The Kier molecular flexibility index (Phi) is 5.45. The van der Waals surface area contributed by atoms with E-state index in [1.54, 1.807) is 0 Å². The van der Waals surface area contributed by atoms with Crippen LogP contribution >= 0.6 is 0 Å². The summed E-state index contributed by atoms with van der Waals surface area (Å²) in [7, 11) is 0. The van der Waals surface area contributed by atoms with Crippen LogP contribution in [0.25, 0.3) is 0 Å². The molecule has 1 rings (SSSR count). The van der Waals surface area contributed by atoms with E-state index in [1.807, 2.05) is 0 Å². The van der Waals surface area contributed by atoms with E-state index in [9.17, 15) is 0 Å². The molecule has 0 aromatic carbocycles. The highest BCUT2D eigenvalue weighted by Crippen LogP contribution is 2.26. The fourth-order valence-electron chi connectivity index (χ4n) is 1.84. The number of hydrogen-bond acceptors (Lipinski definition) is 1. The predicted octanol–water partition coefficient (Wildman–Crippen LogP) is 3.91. The second-order valence-electron chi connectivity index (χ2n) is 4.29. The molecule has 0 N–H and O–H groups in total. The third-order valence-corrected chi connectivity index (χ3v) is 2.93. The van der Waals surface area contributed by atoms with Crippen LogP contribution in [0, 0.1) is 0 Å². The Morgan fingerprint density at radius 1 is 0.923 bits per heavy atom. The van der Waals surface area contributed by atoms with E-state index in [0.717, 1.165) is 0 Å². The molecule has 0 aromatic heterocycles. The number of ether oxygens (including phenoxy) is 1. The summed E-state index contributed by atoms with van der Waals surface area (Å²) in [5, 5.41) is 0. The Labute approximate surface area is 82.9 Å². The average Bonchev–Trinajstić information content (AvgIpc) is 2.81. The van der Waals surface area contributed by atoms with Crippen LogP contribution in [0.1, 0.15) is 65.2 Å². The predicted molar refractivity (Wildman–Crippen MR) is 56.9 cm³/mol. The van der Waals surface area contributed by atoms with Gasteiger partial charge in [0.2, 0.25) is 0 Å². The molecule has 0 saturated carbocycles. The summed E-state index contributed by atoms with van der Waals surface area (Å²) in [6.07, 6.45) is 12.4. The Hall–Kier alpha value is -0.0400. The zero-order chi connectivity index (χ0) is 9.52. The van der Waals surface area contributed by atoms with Gasteiger partial charge >= 0.3 is 0 Å². The summed E-state index contributed by atoms with van der Waals surface area (Å²) >= 11 is 0. The Bertz CT molecular complexity index is 122. The highest BCUT2D eigenvalue weighted by molar-refractivity contribution is 4.79. The number of unbranched alkanes of at least 4 members (excludes halogenated alkanes) is 6. The van der Waals surface area contributed by atoms with E-state index in [-0.39, 0.29) is 0 Å². The van der Waals surface area contributed by atoms with Gasteiger partial charge in [-0.15, -0.1) is 0 Å². The first kappa shape index (κ1) is 11.0. The largest absolute Gasteiger partial charge is 0.370 e. The molecule has 78 valence electrons. The fraction of sp³-hybridized carbons (Fsp3) is 1.00. The summed E-state index contributed by atoms with van der Waals surface area (Å²) in [6.45, 7) is 4.44. The molecule has 0 amide bonds. The van der Waals surface area contributed by atoms with Crippen molar-refractivity contribution in [2.75, 3.05) is 0 Å². The molecule has 0 unspecified atom stereocenters. The monoisotopic (exact) mass is 184 g/mol. The summed E-state index contributed by atoms with van der Waals surface area (Å²) in [5.41, 5.74) is 0. The quantitative estimate of drug-likeness (QED) is 0.411. The molecule has 1 heterocycles. The zero-order valence-corrected chi connectivity index (χ0v) is 9.22. The zero-order valence-electron chi connectivity index (χ0n) is 9.22. The second kappa shape index (κ2) is 6.42. The average molecular weight is 184 g/mol. The molecule has 0 spiro atoms.